The molecule has 0 radical (unpaired) electrons. The van der Waals surface area contributed by atoms with Gasteiger partial charge in [-0.05, 0) is 36.3 Å². The maximum absolute atomic E-state index is 3.48. The largest absolute Gasteiger partial charge is 0.129 e. The molecule has 0 amide bonds. The first kappa shape index (κ1) is 14.9. The van der Waals surface area contributed by atoms with Crippen molar-refractivity contribution in [1.82, 2.24) is 0 Å². The van der Waals surface area contributed by atoms with E-state index in [1.807, 2.05) is 0 Å². The molecule has 1 aromatic rings. The van der Waals surface area contributed by atoms with E-state index in [9.17, 15) is 0 Å². The summed E-state index contributed by atoms with van der Waals surface area (Å²) in [6.45, 7) is 6.91. The van der Waals surface area contributed by atoms with Crippen LogP contribution in [0.25, 0.3) is 6.08 Å². The number of hydrogen-bond donors (Lipinski definition) is 0. The molecule has 1 aromatic carbocycles. The maximum atomic E-state index is 3.48. The Bertz CT molecular complexity index is 547. The summed E-state index contributed by atoms with van der Waals surface area (Å²) in [5.74, 6) is 3.98. The molecule has 1 heteroatoms. The molecule has 0 bridgehead atoms. The van der Waals surface area contributed by atoms with Crippen molar-refractivity contribution in [1.29, 1.82) is 0 Å². The molecule has 0 saturated heterocycles. The molecule has 0 spiro atoms. The molecule has 0 N–H and O–H groups in total. The third-order valence-corrected chi connectivity index (χ3v) is 4.21. The Morgan fingerprint density at radius 3 is 2.60 bits per heavy atom. The molecule has 0 fully saturated rings. The highest BCUT2D eigenvalue weighted by Crippen LogP contribution is 2.24. The van der Waals surface area contributed by atoms with Crippen LogP contribution in [0.1, 0.15) is 24.8 Å². The zero-order valence-corrected chi connectivity index (χ0v) is 13.8. The normalized spacial score (nSPS) is 19.4. The van der Waals surface area contributed by atoms with Gasteiger partial charge in [0.2, 0.25) is 0 Å². The van der Waals surface area contributed by atoms with E-state index < -0.39 is 8.07 Å². The fourth-order valence-electron chi connectivity index (χ4n) is 2.28. The van der Waals surface area contributed by atoms with E-state index in [4.69, 9.17) is 0 Å². The summed E-state index contributed by atoms with van der Waals surface area (Å²) >= 11 is 0. The second-order valence-electron chi connectivity index (χ2n) is 6.52. The van der Waals surface area contributed by atoms with E-state index in [0.29, 0.717) is 5.92 Å². The molecule has 1 aliphatic carbocycles. The topological polar surface area (TPSA) is 0 Å². The first-order valence-electron chi connectivity index (χ1n) is 7.50. The molecule has 20 heavy (non-hydrogen) atoms. The van der Waals surface area contributed by atoms with E-state index in [1.165, 1.54) is 24.0 Å². The van der Waals surface area contributed by atoms with Gasteiger partial charge >= 0.3 is 0 Å². The van der Waals surface area contributed by atoms with Gasteiger partial charge in [0, 0.05) is 0 Å². The summed E-state index contributed by atoms with van der Waals surface area (Å²) in [5.41, 5.74) is 6.11. The molecule has 0 aliphatic heterocycles. The predicted molar refractivity (Wildman–Crippen MR) is 92.0 cm³/mol. The lowest BCUT2D eigenvalue weighted by Gasteiger charge is -2.15. The zero-order chi connectivity index (χ0) is 14.4. The zero-order valence-electron chi connectivity index (χ0n) is 12.8. The van der Waals surface area contributed by atoms with Crippen molar-refractivity contribution in [2.24, 2.45) is 5.92 Å². The van der Waals surface area contributed by atoms with Gasteiger partial charge in [0.25, 0.3) is 0 Å². The van der Waals surface area contributed by atoms with Crippen molar-refractivity contribution in [2.45, 2.75) is 38.9 Å². The average Bonchev–Trinajstić information content (AvgIpc) is 2.44. The van der Waals surface area contributed by atoms with Gasteiger partial charge in [-0.3, -0.25) is 0 Å². The summed E-state index contributed by atoms with van der Waals surface area (Å²) in [4.78, 5) is 0. The van der Waals surface area contributed by atoms with Gasteiger partial charge in [-0.25, -0.2) is 0 Å². The fourth-order valence-corrected chi connectivity index (χ4v) is 2.81. The number of rotatable bonds is 2. The van der Waals surface area contributed by atoms with Gasteiger partial charge < -0.3 is 0 Å². The third-order valence-electron chi connectivity index (χ3n) is 3.33. The summed E-state index contributed by atoms with van der Waals surface area (Å²) in [6, 6.07) is 10.5. The van der Waals surface area contributed by atoms with Gasteiger partial charge in [0.05, 0.1) is 0 Å². The number of hydrogen-bond acceptors (Lipinski definition) is 0. The van der Waals surface area contributed by atoms with Gasteiger partial charge in [-0.2, -0.15) is 0 Å². The van der Waals surface area contributed by atoms with Crippen molar-refractivity contribution in [3.8, 4) is 11.5 Å². The van der Waals surface area contributed by atoms with Crippen molar-refractivity contribution >= 4 is 14.1 Å². The van der Waals surface area contributed by atoms with Crippen molar-refractivity contribution in [2.75, 3.05) is 0 Å². The highest BCUT2D eigenvalue weighted by atomic mass is 28.3. The minimum Gasteiger partial charge on any atom is -0.127 e. The monoisotopic (exact) mass is 280 g/mol. The van der Waals surface area contributed by atoms with E-state index in [-0.39, 0.29) is 0 Å². The highest BCUT2D eigenvalue weighted by Gasteiger charge is 2.11. The van der Waals surface area contributed by atoms with Crippen LogP contribution in [0.4, 0.5) is 0 Å². The van der Waals surface area contributed by atoms with Crippen LogP contribution in [0.2, 0.25) is 19.6 Å². The first-order chi connectivity index (χ1) is 9.53. The maximum Gasteiger partial charge on any atom is 0.129 e. The smallest absolute Gasteiger partial charge is 0.127 e. The standard InChI is InChI=1S/C19H24Si/c1-20(2,3)15-14-19-11-7-10-18(16-19)13-12-17-8-5-4-6-9-17/h4-6,8-9,12-13,16,18H,7,10-11H2,1-3H3/b13-12-. The van der Waals surface area contributed by atoms with Crippen LogP contribution in [-0.2, 0) is 0 Å². The molecule has 104 valence electrons. The Balaban J connectivity index is 2.06. The second-order valence-corrected chi connectivity index (χ2v) is 11.3. The minimum absolute atomic E-state index is 0.551. The molecule has 2 rings (SSSR count). The Kier molecular flexibility index (Phi) is 5.03. The van der Waals surface area contributed by atoms with E-state index in [1.54, 1.807) is 0 Å². The van der Waals surface area contributed by atoms with Gasteiger partial charge in [0.15, 0.2) is 0 Å². The van der Waals surface area contributed by atoms with Gasteiger partial charge in [0.1, 0.15) is 8.07 Å². The van der Waals surface area contributed by atoms with Crippen molar-refractivity contribution in [3.05, 3.63) is 53.6 Å². The SMILES string of the molecule is C[Si](C)(C)C#CC1=CC(/C=C\c2ccccc2)CCC1. The summed E-state index contributed by atoms with van der Waals surface area (Å²) in [6.07, 6.45) is 10.6. The number of benzene rings is 1. The molecule has 1 aliphatic rings. The van der Waals surface area contributed by atoms with E-state index >= 15 is 0 Å². The molecular formula is C19H24Si. The van der Waals surface area contributed by atoms with Crippen molar-refractivity contribution in [3.63, 3.8) is 0 Å². The lowest BCUT2D eigenvalue weighted by atomic mass is 9.90. The average molecular weight is 280 g/mol. The first-order valence-corrected chi connectivity index (χ1v) is 11.0. The van der Waals surface area contributed by atoms with E-state index in [2.05, 4.69) is 79.7 Å². The van der Waals surface area contributed by atoms with Crippen LogP contribution >= 0.6 is 0 Å². The summed E-state index contributed by atoms with van der Waals surface area (Å²) in [5, 5.41) is 0. The summed E-state index contributed by atoms with van der Waals surface area (Å²) < 4.78 is 0. The number of allylic oxidation sites excluding steroid dienone is 3. The Morgan fingerprint density at radius 1 is 1.15 bits per heavy atom. The molecule has 1 atom stereocenters. The van der Waals surface area contributed by atoms with Crippen LogP contribution in [0.3, 0.4) is 0 Å². The van der Waals surface area contributed by atoms with Crippen LogP contribution in [0.5, 0.6) is 0 Å². The van der Waals surface area contributed by atoms with Gasteiger partial charge in [-0.15, -0.1) is 5.54 Å². The fraction of sp³-hybridized carbons (Fsp3) is 0.368. The summed E-state index contributed by atoms with van der Waals surface area (Å²) in [7, 11) is -1.25. The predicted octanol–water partition coefficient (Wildman–Crippen LogP) is 5.31. The van der Waals surface area contributed by atoms with Crippen molar-refractivity contribution < 1.29 is 0 Å². The molecule has 0 saturated carbocycles. The quantitative estimate of drug-likeness (QED) is 0.509. The van der Waals surface area contributed by atoms with E-state index in [0.717, 1.165) is 6.42 Å². The second kappa shape index (κ2) is 6.77. The molecule has 0 aromatic heterocycles. The molecular weight excluding hydrogens is 256 g/mol. The Labute approximate surface area is 124 Å². The van der Waals surface area contributed by atoms with Crippen LogP contribution in [0.15, 0.2) is 48.1 Å². The highest BCUT2D eigenvalue weighted by molar-refractivity contribution is 6.83. The molecule has 1 unspecified atom stereocenters. The Morgan fingerprint density at radius 2 is 1.90 bits per heavy atom. The lowest BCUT2D eigenvalue weighted by molar-refractivity contribution is 0.621. The minimum atomic E-state index is -1.25. The molecule has 0 heterocycles. The lowest BCUT2D eigenvalue weighted by Crippen LogP contribution is -2.16. The van der Waals surface area contributed by atoms with Crippen LogP contribution < -0.4 is 0 Å². The molecule has 0 nitrogen and oxygen atoms in total. The Hall–Kier alpha value is -1.52. The third kappa shape index (κ3) is 5.23. The van der Waals surface area contributed by atoms with Gasteiger partial charge in [-0.1, -0.05) is 74.1 Å². The van der Waals surface area contributed by atoms with Crippen LogP contribution in [0, 0.1) is 17.4 Å². The van der Waals surface area contributed by atoms with Crippen LogP contribution in [-0.4, -0.2) is 8.07 Å².